The van der Waals surface area contributed by atoms with Gasteiger partial charge >= 0.3 is 0 Å². The average Bonchev–Trinajstić information content (AvgIpc) is 2.38. The van der Waals surface area contributed by atoms with Crippen LogP contribution in [0, 0.1) is 11.6 Å². The largest absolute Gasteiger partial charge is 0.347 e. The van der Waals surface area contributed by atoms with Gasteiger partial charge in [-0.25, -0.2) is 8.78 Å². The lowest BCUT2D eigenvalue weighted by Gasteiger charge is -2.21. The first-order chi connectivity index (χ1) is 9.06. The van der Waals surface area contributed by atoms with Crippen LogP contribution in [0.3, 0.4) is 0 Å². The van der Waals surface area contributed by atoms with Crippen molar-refractivity contribution in [2.75, 3.05) is 0 Å². The summed E-state index contributed by atoms with van der Waals surface area (Å²) in [5.41, 5.74) is 0. The van der Waals surface area contributed by atoms with E-state index in [1.54, 1.807) is 24.3 Å². The van der Waals surface area contributed by atoms with Crippen molar-refractivity contribution in [3.63, 3.8) is 0 Å². The second kappa shape index (κ2) is 6.23. The molecule has 0 aliphatic rings. The lowest BCUT2D eigenvalue weighted by molar-refractivity contribution is 0.278. The zero-order valence-electron chi connectivity index (χ0n) is 10.8. The molecule has 4 heteroatoms. The Morgan fingerprint density at radius 1 is 0.789 bits per heavy atom. The quantitative estimate of drug-likeness (QED) is 0.775. The molecule has 0 fully saturated rings. The van der Waals surface area contributed by atoms with Crippen LogP contribution in [0.15, 0.2) is 48.5 Å². The molecule has 1 nitrogen and oxygen atoms in total. The summed E-state index contributed by atoms with van der Waals surface area (Å²) in [7, 11) is -1.05. The molecule has 0 spiro atoms. The molecular formula is C15H15F2OP. The predicted molar refractivity (Wildman–Crippen MR) is 75.2 cm³/mol. The van der Waals surface area contributed by atoms with Crippen LogP contribution in [0.4, 0.5) is 8.78 Å². The highest BCUT2D eigenvalue weighted by Gasteiger charge is 2.17. The molecule has 0 heterocycles. The summed E-state index contributed by atoms with van der Waals surface area (Å²) in [6, 6.07) is 12.5. The van der Waals surface area contributed by atoms with Crippen molar-refractivity contribution in [3.05, 3.63) is 60.2 Å². The van der Waals surface area contributed by atoms with Gasteiger partial charge in [-0.3, -0.25) is 0 Å². The van der Waals surface area contributed by atoms with Crippen molar-refractivity contribution < 1.29 is 13.3 Å². The molecule has 0 aromatic heterocycles. The van der Waals surface area contributed by atoms with Gasteiger partial charge in [0.1, 0.15) is 11.6 Å². The molecule has 2 aromatic rings. The Balaban J connectivity index is 2.35. The van der Waals surface area contributed by atoms with Crippen LogP contribution in [-0.2, 0) is 4.52 Å². The first-order valence-corrected chi connectivity index (χ1v) is 7.30. The van der Waals surface area contributed by atoms with Crippen molar-refractivity contribution in [2.45, 2.75) is 20.0 Å². The summed E-state index contributed by atoms with van der Waals surface area (Å²) in [6.45, 7) is 3.89. The predicted octanol–water partition coefficient (Wildman–Crippen LogP) is 3.74. The Bertz CT molecular complexity index is 477. The van der Waals surface area contributed by atoms with Crippen LogP contribution in [0.5, 0.6) is 0 Å². The van der Waals surface area contributed by atoms with Crippen molar-refractivity contribution in [2.24, 2.45) is 0 Å². The summed E-state index contributed by atoms with van der Waals surface area (Å²) in [5, 5.41) is 1.83. The Kier molecular flexibility index (Phi) is 4.62. The van der Waals surface area contributed by atoms with Gasteiger partial charge in [-0.15, -0.1) is 0 Å². The molecule has 2 rings (SSSR count). The maximum atomic E-state index is 13.0. The van der Waals surface area contributed by atoms with Crippen LogP contribution in [-0.4, -0.2) is 6.10 Å². The Morgan fingerprint density at radius 3 is 1.47 bits per heavy atom. The SMILES string of the molecule is CC(C)OP(c1ccc(F)cc1)c1ccc(F)cc1. The van der Waals surface area contributed by atoms with Crippen molar-refractivity contribution >= 4 is 18.8 Å². The highest BCUT2D eigenvalue weighted by Crippen LogP contribution is 2.36. The summed E-state index contributed by atoms with van der Waals surface area (Å²) in [5.74, 6) is -0.551. The first-order valence-electron chi connectivity index (χ1n) is 6.04. The molecule has 0 radical (unpaired) electrons. The van der Waals surface area contributed by atoms with Gasteiger partial charge in [-0.05, 0) is 62.4 Å². The zero-order valence-corrected chi connectivity index (χ0v) is 11.7. The summed E-state index contributed by atoms with van der Waals surface area (Å²) >= 11 is 0. The first kappa shape index (κ1) is 14.1. The number of hydrogen-bond acceptors (Lipinski definition) is 1. The molecule has 0 saturated carbocycles. The maximum absolute atomic E-state index is 13.0. The minimum absolute atomic E-state index is 0.0428. The minimum atomic E-state index is -1.05. The number of benzene rings is 2. The van der Waals surface area contributed by atoms with Crippen LogP contribution in [0.2, 0.25) is 0 Å². The highest BCUT2D eigenvalue weighted by atomic mass is 31.1. The molecule has 100 valence electrons. The van der Waals surface area contributed by atoms with Crippen molar-refractivity contribution in [1.82, 2.24) is 0 Å². The van der Waals surface area contributed by atoms with E-state index >= 15 is 0 Å². The van der Waals surface area contributed by atoms with E-state index in [0.717, 1.165) is 10.6 Å². The van der Waals surface area contributed by atoms with E-state index in [1.807, 2.05) is 13.8 Å². The second-order valence-electron chi connectivity index (χ2n) is 4.40. The third kappa shape index (κ3) is 3.82. The topological polar surface area (TPSA) is 9.23 Å². The number of rotatable bonds is 4. The van der Waals surface area contributed by atoms with Gasteiger partial charge < -0.3 is 4.52 Å². The monoisotopic (exact) mass is 280 g/mol. The third-order valence-corrected chi connectivity index (χ3v) is 4.61. The maximum Gasteiger partial charge on any atom is 0.123 e. The summed E-state index contributed by atoms with van der Waals surface area (Å²) in [4.78, 5) is 0. The second-order valence-corrected chi connectivity index (χ2v) is 6.23. The Morgan fingerprint density at radius 2 is 1.16 bits per heavy atom. The fourth-order valence-corrected chi connectivity index (χ4v) is 3.44. The van der Waals surface area contributed by atoms with Crippen LogP contribution < -0.4 is 10.6 Å². The molecule has 0 aliphatic heterocycles. The van der Waals surface area contributed by atoms with Crippen LogP contribution in [0.1, 0.15) is 13.8 Å². The lowest BCUT2D eigenvalue weighted by atomic mass is 10.3. The molecule has 19 heavy (non-hydrogen) atoms. The minimum Gasteiger partial charge on any atom is -0.347 e. The molecule has 0 N–H and O–H groups in total. The van der Waals surface area contributed by atoms with E-state index in [9.17, 15) is 8.78 Å². The van der Waals surface area contributed by atoms with Gasteiger partial charge in [0.15, 0.2) is 0 Å². The van der Waals surface area contributed by atoms with E-state index in [4.69, 9.17) is 4.52 Å². The molecule has 0 amide bonds. The van der Waals surface area contributed by atoms with E-state index < -0.39 is 8.15 Å². The van der Waals surface area contributed by atoms with Gasteiger partial charge in [0.05, 0.1) is 14.3 Å². The summed E-state index contributed by atoms with van der Waals surface area (Å²) < 4.78 is 31.9. The molecule has 0 saturated heterocycles. The molecular weight excluding hydrogens is 265 g/mol. The van der Waals surface area contributed by atoms with Crippen molar-refractivity contribution in [1.29, 1.82) is 0 Å². The molecule has 0 unspecified atom stereocenters. The Labute approximate surface area is 113 Å². The van der Waals surface area contributed by atoms with E-state index in [2.05, 4.69) is 0 Å². The number of halogens is 2. The molecule has 0 atom stereocenters. The number of hydrogen-bond donors (Lipinski definition) is 0. The standard InChI is InChI=1S/C15H15F2OP/c1-11(2)18-19(14-7-3-12(16)4-8-14)15-9-5-13(17)6-10-15/h3-11H,1-2H3. The zero-order chi connectivity index (χ0) is 13.8. The van der Waals surface area contributed by atoms with E-state index in [0.29, 0.717) is 0 Å². The fraction of sp³-hybridized carbons (Fsp3) is 0.200. The van der Waals surface area contributed by atoms with Gasteiger partial charge in [-0.2, -0.15) is 0 Å². The Hall–Kier alpha value is -1.31. The fourth-order valence-electron chi connectivity index (χ4n) is 1.63. The summed E-state index contributed by atoms with van der Waals surface area (Å²) in [6.07, 6.45) is 0.0428. The molecule has 2 aromatic carbocycles. The normalized spacial score (nSPS) is 11.3. The lowest BCUT2D eigenvalue weighted by Crippen LogP contribution is -2.16. The smallest absolute Gasteiger partial charge is 0.123 e. The average molecular weight is 280 g/mol. The van der Waals surface area contributed by atoms with Gasteiger partial charge in [0.2, 0.25) is 0 Å². The third-order valence-electron chi connectivity index (χ3n) is 2.44. The van der Waals surface area contributed by atoms with Gasteiger partial charge in [0, 0.05) is 10.6 Å². The molecule has 0 aliphatic carbocycles. The highest BCUT2D eigenvalue weighted by molar-refractivity contribution is 7.68. The van der Waals surface area contributed by atoms with Gasteiger partial charge in [-0.1, -0.05) is 0 Å². The van der Waals surface area contributed by atoms with Crippen LogP contribution in [0.25, 0.3) is 0 Å². The van der Waals surface area contributed by atoms with E-state index in [1.165, 1.54) is 24.3 Å². The molecule has 0 bridgehead atoms. The van der Waals surface area contributed by atoms with E-state index in [-0.39, 0.29) is 17.7 Å². The van der Waals surface area contributed by atoms with Crippen LogP contribution >= 0.6 is 8.15 Å². The van der Waals surface area contributed by atoms with Crippen molar-refractivity contribution in [3.8, 4) is 0 Å². The van der Waals surface area contributed by atoms with Gasteiger partial charge in [0.25, 0.3) is 0 Å².